The highest BCUT2D eigenvalue weighted by molar-refractivity contribution is 5.56. The van der Waals surface area contributed by atoms with Crippen molar-refractivity contribution < 1.29 is 0 Å². The van der Waals surface area contributed by atoms with Crippen molar-refractivity contribution in [2.75, 3.05) is 0 Å². The van der Waals surface area contributed by atoms with Crippen molar-refractivity contribution in [3.63, 3.8) is 0 Å². The molecule has 0 spiro atoms. The smallest absolute Gasteiger partial charge is 0.255 e. The lowest BCUT2D eigenvalue weighted by atomic mass is 10.1. The fraction of sp³-hybridized carbons (Fsp3) is 0.200. The maximum Gasteiger partial charge on any atom is 0.255 e. The van der Waals surface area contributed by atoms with Gasteiger partial charge in [-0.3, -0.25) is 19.4 Å². The molecule has 0 radical (unpaired) electrons. The van der Waals surface area contributed by atoms with E-state index in [0.717, 1.165) is 16.9 Å². The van der Waals surface area contributed by atoms with Gasteiger partial charge in [0.2, 0.25) is 0 Å². The molecule has 6 heteroatoms. The second-order valence-electron chi connectivity index (χ2n) is 5.08. The van der Waals surface area contributed by atoms with Crippen LogP contribution in [0, 0.1) is 0 Å². The molecule has 0 atom stereocenters. The van der Waals surface area contributed by atoms with E-state index < -0.39 is 0 Å². The van der Waals surface area contributed by atoms with Crippen molar-refractivity contribution in [2.24, 2.45) is 0 Å². The first-order valence-corrected chi connectivity index (χ1v) is 6.71. The van der Waals surface area contributed by atoms with Crippen LogP contribution in [0.5, 0.6) is 0 Å². The van der Waals surface area contributed by atoms with Gasteiger partial charge in [0, 0.05) is 23.5 Å². The first-order chi connectivity index (χ1) is 10.1. The molecule has 1 N–H and O–H groups in total. The van der Waals surface area contributed by atoms with Crippen molar-refractivity contribution in [2.45, 2.75) is 19.8 Å². The van der Waals surface area contributed by atoms with Crippen LogP contribution in [0.25, 0.3) is 16.9 Å². The average Bonchev–Trinajstić information content (AvgIpc) is 3.02. The summed E-state index contributed by atoms with van der Waals surface area (Å²) in [6.45, 7) is 4.17. The summed E-state index contributed by atoms with van der Waals surface area (Å²) in [7, 11) is 0. The Labute approximate surface area is 121 Å². The van der Waals surface area contributed by atoms with Gasteiger partial charge in [0.15, 0.2) is 0 Å². The third-order valence-corrected chi connectivity index (χ3v) is 3.26. The van der Waals surface area contributed by atoms with Crippen LogP contribution >= 0.6 is 0 Å². The molecule has 3 aromatic rings. The lowest BCUT2D eigenvalue weighted by Gasteiger charge is -2.09. The molecule has 0 aliphatic rings. The van der Waals surface area contributed by atoms with Gasteiger partial charge in [-0.25, -0.2) is 0 Å². The van der Waals surface area contributed by atoms with Crippen LogP contribution in [0.3, 0.4) is 0 Å². The highest BCUT2D eigenvalue weighted by Gasteiger charge is 2.07. The number of rotatable bonds is 3. The number of pyridine rings is 2. The zero-order chi connectivity index (χ0) is 14.8. The van der Waals surface area contributed by atoms with Gasteiger partial charge < -0.3 is 0 Å². The number of hydrogen-bond acceptors (Lipinski definition) is 4. The second kappa shape index (κ2) is 5.32. The van der Waals surface area contributed by atoms with E-state index in [0.29, 0.717) is 11.6 Å². The molecule has 0 fully saturated rings. The van der Waals surface area contributed by atoms with Crippen LogP contribution in [-0.4, -0.2) is 25.0 Å². The number of nitrogens with one attached hydrogen (secondary N) is 1. The van der Waals surface area contributed by atoms with Gasteiger partial charge in [0.05, 0.1) is 18.1 Å². The van der Waals surface area contributed by atoms with Gasteiger partial charge >= 0.3 is 0 Å². The summed E-state index contributed by atoms with van der Waals surface area (Å²) in [4.78, 5) is 16.4. The van der Waals surface area contributed by atoms with Gasteiger partial charge in [0.25, 0.3) is 5.56 Å². The number of aromatic nitrogens is 5. The molecule has 0 aliphatic heterocycles. The molecule has 0 saturated heterocycles. The summed E-state index contributed by atoms with van der Waals surface area (Å²) in [5.74, 6) is 0.359. The van der Waals surface area contributed by atoms with E-state index in [9.17, 15) is 4.79 Å². The standard InChI is InChI=1S/C15H15N5O/c1-10(2)13-5-4-12(7-16-13)20-9-11(3-6-15(20)21)14-8-17-19-18-14/h3-10H,1-2H3,(H,17,18,19). The third-order valence-electron chi connectivity index (χ3n) is 3.26. The molecule has 0 saturated carbocycles. The van der Waals surface area contributed by atoms with E-state index in [1.165, 1.54) is 6.07 Å². The van der Waals surface area contributed by atoms with E-state index in [4.69, 9.17) is 0 Å². The molecule has 3 heterocycles. The third kappa shape index (κ3) is 2.60. The molecular weight excluding hydrogens is 266 g/mol. The summed E-state index contributed by atoms with van der Waals surface area (Å²) in [6, 6.07) is 7.08. The summed E-state index contributed by atoms with van der Waals surface area (Å²) >= 11 is 0. The summed E-state index contributed by atoms with van der Waals surface area (Å²) in [5, 5.41) is 10.3. The largest absolute Gasteiger partial charge is 0.282 e. The second-order valence-corrected chi connectivity index (χ2v) is 5.08. The minimum absolute atomic E-state index is 0.110. The van der Waals surface area contributed by atoms with Crippen LogP contribution < -0.4 is 5.56 Å². The molecule has 3 aromatic heterocycles. The van der Waals surface area contributed by atoms with E-state index in [-0.39, 0.29) is 5.56 Å². The fourth-order valence-electron chi connectivity index (χ4n) is 2.06. The van der Waals surface area contributed by atoms with Crippen LogP contribution in [0.2, 0.25) is 0 Å². The minimum atomic E-state index is -0.110. The average molecular weight is 281 g/mol. The van der Waals surface area contributed by atoms with E-state index in [2.05, 4.69) is 34.2 Å². The van der Waals surface area contributed by atoms with Crippen molar-refractivity contribution in [3.8, 4) is 16.9 Å². The summed E-state index contributed by atoms with van der Waals surface area (Å²) in [5.41, 5.74) is 3.13. The molecule has 3 rings (SSSR count). The Balaban J connectivity index is 2.05. The van der Waals surface area contributed by atoms with Gasteiger partial charge in [0.1, 0.15) is 5.69 Å². The van der Waals surface area contributed by atoms with Gasteiger partial charge in [-0.15, -0.1) is 5.10 Å². The molecule has 0 unspecified atom stereocenters. The Morgan fingerprint density at radius 2 is 2.05 bits per heavy atom. The maximum absolute atomic E-state index is 12.1. The van der Waals surface area contributed by atoms with E-state index >= 15 is 0 Å². The molecule has 0 bridgehead atoms. The van der Waals surface area contributed by atoms with Gasteiger partial charge in [-0.1, -0.05) is 19.1 Å². The number of hydrogen-bond donors (Lipinski definition) is 1. The lowest BCUT2D eigenvalue weighted by molar-refractivity contribution is 0.818. The lowest BCUT2D eigenvalue weighted by Crippen LogP contribution is -2.16. The Morgan fingerprint density at radius 1 is 1.19 bits per heavy atom. The zero-order valence-corrected chi connectivity index (χ0v) is 11.8. The van der Waals surface area contributed by atoms with E-state index in [1.54, 1.807) is 29.2 Å². The van der Waals surface area contributed by atoms with E-state index in [1.807, 2.05) is 12.1 Å². The highest BCUT2D eigenvalue weighted by atomic mass is 16.1. The van der Waals surface area contributed by atoms with Crippen LogP contribution in [0.15, 0.2) is 47.7 Å². The predicted molar refractivity (Wildman–Crippen MR) is 79.3 cm³/mol. The number of H-pyrrole nitrogens is 1. The highest BCUT2D eigenvalue weighted by Crippen LogP contribution is 2.16. The topological polar surface area (TPSA) is 76.5 Å². The van der Waals surface area contributed by atoms with Crippen LogP contribution in [0.4, 0.5) is 0 Å². The normalized spacial score (nSPS) is 11.0. The van der Waals surface area contributed by atoms with Crippen molar-refractivity contribution in [1.82, 2.24) is 25.0 Å². The first-order valence-electron chi connectivity index (χ1n) is 6.71. The van der Waals surface area contributed by atoms with Gasteiger partial charge in [-0.2, -0.15) is 0 Å². The van der Waals surface area contributed by atoms with Crippen LogP contribution in [-0.2, 0) is 0 Å². The monoisotopic (exact) mass is 281 g/mol. The first kappa shape index (κ1) is 13.2. The quantitative estimate of drug-likeness (QED) is 0.798. The fourth-order valence-corrected chi connectivity index (χ4v) is 2.06. The molecule has 0 aliphatic carbocycles. The SMILES string of the molecule is CC(C)c1ccc(-n2cc(-c3c[nH]nn3)ccc2=O)cn1. The van der Waals surface area contributed by atoms with Crippen LogP contribution in [0.1, 0.15) is 25.5 Å². The predicted octanol–water partition coefficient (Wildman–Crippen LogP) is 2.14. The zero-order valence-electron chi connectivity index (χ0n) is 11.8. The van der Waals surface area contributed by atoms with Crippen molar-refractivity contribution in [3.05, 3.63) is 58.9 Å². The number of nitrogens with zero attached hydrogens (tertiary/aromatic N) is 4. The maximum atomic E-state index is 12.1. The minimum Gasteiger partial charge on any atom is -0.282 e. The number of aromatic amines is 1. The molecule has 0 amide bonds. The van der Waals surface area contributed by atoms with Crippen molar-refractivity contribution in [1.29, 1.82) is 0 Å². The summed E-state index contributed by atoms with van der Waals surface area (Å²) < 4.78 is 1.56. The molecule has 106 valence electrons. The molecule has 6 nitrogen and oxygen atoms in total. The Hall–Kier alpha value is -2.76. The molecule has 21 heavy (non-hydrogen) atoms. The van der Waals surface area contributed by atoms with Crippen molar-refractivity contribution >= 4 is 0 Å². The van der Waals surface area contributed by atoms with Gasteiger partial charge in [-0.05, 0) is 24.1 Å². The molecule has 0 aromatic carbocycles. The summed E-state index contributed by atoms with van der Waals surface area (Å²) in [6.07, 6.45) is 5.14. The Morgan fingerprint density at radius 3 is 2.67 bits per heavy atom. The Bertz CT molecular complexity index is 788. The molecular formula is C15H15N5O. The Kier molecular flexibility index (Phi) is 3.35.